The molecule has 0 radical (unpaired) electrons. The zero-order valence-electron chi connectivity index (χ0n) is 4.38. The Balaban J connectivity index is 3.89. The molecule has 0 aliphatic carbocycles. The molecule has 0 rings (SSSR count). The summed E-state index contributed by atoms with van der Waals surface area (Å²) in [7, 11) is 0. The second-order valence-electron chi connectivity index (χ2n) is 1.32. The summed E-state index contributed by atoms with van der Waals surface area (Å²) in [5.41, 5.74) is 0. The number of hydrogen-bond acceptors (Lipinski definition) is 1. The normalized spacial score (nSPS) is 13.8. The van der Waals surface area contributed by atoms with Gasteiger partial charge in [-0.05, 0) is 0 Å². The molecule has 0 saturated carbocycles. The zero-order chi connectivity index (χ0) is 8.41. The lowest BCUT2D eigenvalue weighted by molar-refractivity contribution is 0.280. The van der Waals surface area contributed by atoms with Gasteiger partial charge in [0.05, 0.1) is 5.88 Å². The van der Waals surface area contributed by atoms with Crippen molar-refractivity contribution in [3.63, 3.8) is 0 Å². The largest absolute Gasteiger partial charge is 0.496 e. The van der Waals surface area contributed by atoms with Gasteiger partial charge in [0.15, 0.2) is 0 Å². The molecule has 0 aliphatic rings. The van der Waals surface area contributed by atoms with Crippen LogP contribution in [0.25, 0.3) is 0 Å². The Morgan fingerprint density at radius 2 is 1.60 bits per heavy atom. The van der Waals surface area contributed by atoms with Crippen LogP contribution in [-0.2, 0) is 4.43 Å². The molecule has 0 aliphatic heterocycles. The summed E-state index contributed by atoms with van der Waals surface area (Å²) < 4.78 is 3.01. The van der Waals surface area contributed by atoms with Crippen LogP contribution in [0.4, 0.5) is 0 Å². The molecule has 0 aromatic carbocycles. The second kappa shape index (κ2) is 4.24. The summed E-state index contributed by atoms with van der Waals surface area (Å²) in [6.45, 7) is 0. The SMILES string of the molecule is ClCC(Cl)(Cl)O[Si](Cl)(Cl)Cl. The molecule has 0 amide bonds. The molecule has 10 heavy (non-hydrogen) atoms. The first-order chi connectivity index (χ1) is 4.27. The highest BCUT2D eigenvalue weighted by atomic mass is 35.8. The van der Waals surface area contributed by atoms with E-state index in [1.807, 2.05) is 0 Å². The van der Waals surface area contributed by atoms with E-state index >= 15 is 0 Å². The number of rotatable bonds is 3. The second-order valence-corrected chi connectivity index (χ2v) is 10.6. The van der Waals surface area contributed by atoms with Crippen LogP contribution in [-0.4, -0.2) is 16.6 Å². The van der Waals surface area contributed by atoms with Gasteiger partial charge in [-0.25, -0.2) is 0 Å². The molecule has 8 heteroatoms. The highest BCUT2D eigenvalue weighted by Gasteiger charge is 2.38. The average Bonchev–Trinajstić information content (AvgIpc) is 1.60. The van der Waals surface area contributed by atoms with Crippen LogP contribution in [0.2, 0.25) is 0 Å². The van der Waals surface area contributed by atoms with Crippen LogP contribution in [0.1, 0.15) is 0 Å². The predicted molar refractivity (Wildman–Crippen MR) is 49.6 cm³/mol. The number of halogens is 6. The van der Waals surface area contributed by atoms with E-state index < -0.39 is 10.8 Å². The van der Waals surface area contributed by atoms with Gasteiger partial charge in [-0.15, -0.1) is 11.6 Å². The van der Waals surface area contributed by atoms with E-state index in [0.29, 0.717) is 0 Å². The van der Waals surface area contributed by atoms with Gasteiger partial charge in [0, 0.05) is 0 Å². The lowest BCUT2D eigenvalue weighted by Crippen LogP contribution is -2.30. The van der Waals surface area contributed by atoms with E-state index in [-0.39, 0.29) is 5.88 Å². The molecule has 62 valence electrons. The summed E-state index contributed by atoms with van der Waals surface area (Å²) in [4.78, 5) is 0. The van der Waals surface area contributed by atoms with E-state index in [4.69, 9.17) is 68.0 Å². The summed E-state index contributed by atoms with van der Waals surface area (Å²) in [6, 6.07) is 0. The van der Waals surface area contributed by atoms with Gasteiger partial charge in [-0.2, -0.15) is 0 Å². The van der Waals surface area contributed by atoms with Crippen LogP contribution in [0, 0.1) is 0 Å². The third-order valence-corrected chi connectivity index (χ3v) is 3.03. The van der Waals surface area contributed by atoms with Crippen LogP contribution in [0.3, 0.4) is 0 Å². The van der Waals surface area contributed by atoms with Gasteiger partial charge in [0.2, 0.25) is 4.52 Å². The van der Waals surface area contributed by atoms with Crippen LogP contribution >= 0.6 is 68.0 Å². The third kappa shape index (κ3) is 6.62. The van der Waals surface area contributed by atoms with Crippen molar-refractivity contribution in [2.24, 2.45) is 0 Å². The molecule has 0 unspecified atom stereocenters. The topological polar surface area (TPSA) is 9.23 Å². The average molecular weight is 283 g/mol. The van der Waals surface area contributed by atoms with Gasteiger partial charge in [-0.3, -0.25) is 0 Å². The fraction of sp³-hybridized carbons (Fsp3) is 1.00. The Hall–Kier alpha value is 1.92. The maximum Gasteiger partial charge on any atom is 0.496 e. The lowest BCUT2D eigenvalue weighted by atomic mass is 10.8. The molecule has 0 N–H and O–H groups in total. The van der Waals surface area contributed by atoms with E-state index in [2.05, 4.69) is 4.43 Å². The predicted octanol–water partition coefficient (Wildman–Crippen LogP) is 3.53. The van der Waals surface area contributed by atoms with Crippen molar-refractivity contribution in [2.75, 3.05) is 5.88 Å². The number of hydrogen-bond donors (Lipinski definition) is 0. The van der Waals surface area contributed by atoms with Gasteiger partial charge < -0.3 is 4.43 Å². The molecule has 0 saturated heterocycles. The Labute approximate surface area is 88.7 Å². The van der Waals surface area contributed by atoms with Crippen molar-refractivity contribution < 1.29 is 4.43 Å². The van der Waals surface area contributed by atoms with Crippen molar-refractivity contribution >= 4 is 74.3 Å². The lowest BCUT2D eigenvalue weighted by Gasteiger charge is -2.20. The first-order valence-electron chi connectivity index (χ1n) is 1.97. The van der Waals surface area contributed by atoms with Crippen molar-refractivity contribution in [1.29, 1.82) is 0 Å². The van der Waals surface area contributed by atoms with E-state index in [1.165, 1.54) is 0 Å². The molecule has 0 bridgehead atoms. The molecule has 0 heterocycles. The highest BCUT2D eigenvalue weighted by Crippen LogP contribution is 2.33. The minimum Gasteiger partial charge on any atom is -0.347 e. The van der Waals surface area contributed by atoms with Crippen molar-refractivity contribution in [1.82, 2.24) is 0 Å². The van der Waals surface area contributed by atoms with Gasteiger partial charge >= 0.3 is 6.25 Å². The molecule has 0 fully saturated rings. The van der Waals surface area contributed by atoms with E-state index in [0.717, 1.165) is 0 Å². The van der Waals surface area contributed by atoms with E-state index in [9.17, 15) is 0 Å². The Bertz CT molecular complexity index is 109. The smallest absolute Gasteiger partial charge is 0.347 e. The monoisotopic (exact) mass is 280 g/mol. The highest BCUT2D eigenvalue weighted by molar-refractivity contribution is 7.62. The maximum atomic E-state index is 5.40. The molecule has 0 atom stereocenters. The quantitative estimate of drug-likeness (QED) is 0.437. The Morgan fingerprint density at radius 1 is 1.20 bits per heavy atom. The fourth-order valence-electron chi connectivity index (χ4n) is 0.197. The van der Waals surface area contributed by atoms with Gasteiger partial charge in [0.25, 0.3) is 0 Å². The molecule has 1 nitrogen and oxygen atoms in total. The molecule has 0 aromatic rings. The summed E-state index contributed by atoms with van der Waals surface area (Å²) in [5, 5.41) is 0. The zero-order valence-corrected chi connectivity index (χ0v) is 9.92. The minimum atomic E-state index is -3.25. The first-order valence-corrected chi connectivity index (χ1v) is 8.21. The summed E-state index contributed by atoms with van der Waals surface area (Å²) in [5.74, 6) is -0.156. The van der Waals surface area contributed by atoms with Crippen LogP contribution < -0.4 is 0 Å². The van der Waals surface area contributed by atoms with Gasteiger partial charge in [-0.1, -0.05) is 56.4 Å². The fourth-order valence-corrected chi connectivity index (χ4v) is 3.34. The van der Waals surface area contributed by atoms with Crippen LogP contribution in [0.5, 0.6) is 0 Å². The number of alkyl halides is 3. The summed E-state index contributed by atoms with van der Waals surface area (Å²) in [6.07, 6.45) is -3.25. The third-order valence-electron chi connectivity index (χ3n) is 0.421. The molecular formula is C2H2Cl6OSi. The van der Waals surface area contributed by atoms with E-state index in [1.54, 1.807) is 0 Å². The van der Waals surface area contributed by atoms with Crippen molar-refractivity contribution in [3.05, 3.63) is 0 Å². The molecule has 0 aromatic heterocycles. The summed E-state index contributed by atoms with van der Waals surface area (Å²) >= 11 is 32.0. The molecular weight excluding hydrogens is 281 g/mol. The maximum absolute atomic E-state index is 5.40. The standard InChI is InChI=1S/C2H2Cl6OSi/c3-1-2(4,5)9-10(6,7)8/h1H2. The van der Waals surface area contributed by atoms with Crippen molar-refractivity contribution in [3.8, 4) is 0 Å². The van der Waals surface area contributed by atoms with Crippen LogP contribution in [0.15, 0.2) is 0 Å². The van der Waals surface area contributed by atoms with Gasteiger partial charge in [0.1, 0.15) is 0 Å². The Kier molecular flexibility index (Phi) is 5.05. The van der Waals surface area contributed by atoms with Crippen molar-refractivity contribution in [2.45, 2.75) is 4.52 Å². The minimum absolute atomic E-state index is 0.156. The molecule has 0 spiro atoms. The Morgan fingerprint density at radius 3 is 1.70 bits per heavy atom. The first kappa shape index (κ1) is 11.9.